The van der Waals surface area contributed by atoms with Gasteiger partial charge in [0.1, 0.15) is 12.1 Å². The number of rotatable bonds is 40. The van der Waals surface area contributed by atoms with Crippen LogP contribution in [0.3, 0.4) is 0 Å². The molecule has 0 bridgehead atoms. The van der Waals surface area contributed by atoms with E-state index in [1.807, 2.05) is 0 Å². The standard InChI is InChI=1S/C46H84N2O5/c1-3-5-7-9-11-13-15-17-18-19-21-23-25-30-34-40-45(50)53-42(36-31-27-24-22-20-16-14-12-10-8-6-4-2)37-32-28-26-29-33-39-44(49)48-43(46(51)52)38-35-41-47/h5,7,11,13,17-18,42-43H,3-4,6,8-10,12,14-16,19-41,47H2,1-2H3,(H,48,49)(H,51,52)/b7-5-,13-11-,18-17-. The molecule has 0 aliphatic heterocycles. The number of aliphatic carboxylic acids is 1. The Balaban J connectivity index is 4.34. The lowest BCUT2D eigenvalue weighted by Crippen LogP contribution is -2.40. The Morgan fingerprint density at radius 3 is 1.57 bits per heavy atom. The average Bonchev–Trinajstić information content (AvgIpc) is 3.14. The predicted molar refractivity (Wildman–Crippen MR) is 225 cm³/mol. The van der Waals surface area contributed by atoms with Crippen molar-refractivity contribution in [3.63, 3.8) is 0 Å². The molecule has 0 aromatic heterocycles. The van der Waals surface area contributed by atoms with Crippen LogP contribution in [0.2, 0.25) is 0 Å². The molecule has 0 fully saturated rings. The van der Waals surface area contributed by atoms with Gasteiger partial charge in [-0.15, -0.1) is 0 Å². The molecule has 0 saturated heterocycles. The summed E-state index contributed by atoms with van der Waals surface area (Å²) in [6.07, 6.45) is 47.6. The summed E-state index contributed by atoms with van der Waals surface area (Å²) in [5, 5.41) is 11.9. The van der Waals surface area contributed by atoms with E-state index in [1.54, 1.807) is 0 Å². The van der Waals surface area contributed by atoms with Crippen molar-refractivity contribution in [3.05, 3.63) is 36.5 Å². The first kappa shape index (κ1) is 50.6. The van der Waals surface area contributed by atoms with Gasteiger partial charge in [0.2, 0.25) is 5.91 Å². The number of allylic oxidation sites excluding steroid dienone is 6. The van der Waals surface area contributed by atoms with E-state index in [1.165, 1.54) is 89.9 Å². The SMILES string of the molecule is CC/C=C\C/C=C\C/C=C\CCCCCCCC(=O)OC(CCCCCCCCCCCCCC)CCCCCCCC(=O)NC(CCCN)C(=O)O. The number of ether oxygens (including phenoxy) is 1. The van der Waals surface area contributed by atoms with Gasteiger partial charge in [-0.1, -0.05) is 159 Å². The molecule has 0 rings (SSSR count). The Morgan fingerprint density at radius 1 is 0.566 bits per heavy atom. The van der Waals surface area contributed by atoms with Crippen molar-refractivity contribution < 1.29 is 24.2 Å². The van der Waals surface area contributed by atoms with Crippen LogP contribution >= 0.6 is 0 Å². The largest absolute Gasteiger partial charge is 0.480 e. The lowest BCUT2D eigenvalue weighted by Gasteiger charge is -2.18. The smallest absolute Gasteiger partial charge is 0.326 e. The van der Waals surface area contributed by atoms with Crippen molar-refractivity contribution >= 4 is 17.8 Å². The minimum Gasteiger partial charge on any atom is -0.480 e. The highest BCUT2D eigenvalue weighted by atomic mass is 16.5. The van der Waals surface area contributed by atoms with Gasteiger partial charge in [-0.3, -0.25) is 9.59 Å². The van der Waals surface area contributed by atoms with Crippen LogP contribution in [0.25, 0.3) is 0 Å². The number of carboxylic acid groups (broad SMARTS) is 1. The van der Waals surface area contributed by atoms with Gasteiger partial charge in [-0.25, -0.2) is 4.79 Å². The van der Waals surface area contributed by atoms with E-state index in [-0.39, 0.29) is 18.0 Å². The van der Waals surface area contributed by atoms with Crippen molar-refractivity contribution in [2.24, 2.45) is 5.73 Å². The molecule has 0 aromatic carbocycles. The van der Waals surface area contributed by atoms with Crippen LogP contribution in [0.5, 0.6) is 0 Å². The van der Waals surface area contributed by atoms with Crippen molar-refractivity contribution in [2.75, 3.05) is 6.54 Å². The predicted octanol–water partition coefficient (Wildman–Crippen LogP) is 12.6. The Morgan fingerprint density at radius 2 is 1.04 bits per heavy atom. The second-order valence-electron chi connectivity index (χ2n) is 15.1. The van der Waals surface area contributed by atoms with Crippen LogP contribution in [0.1, 0.15) is 219 Å². The zero-order chi connectivity index (χ0) is 38.9. The molecule has 4 N–H and O–H groups in total. The van der Waals surface area contributed by atoms with Gasteiger partial charge < -0.3 is 20.9 Å². The van der Waals surface area contributed by atoms with Gasteiger partial charge >= 0.3 is 11.9 Å². The quantitative estimate of drug-likeness (QED) is 0.0326. The van der Waals surface area contributed by atoms with Crippen molar-refractivity contribution in [3.8, 4) is 0 Å². The second-order valence-corrected chi connectivity index (χ2v) is 15.1. The molecule has 308 valence electrons. The van der Waals surface area contributed by atoms with Gasteiger partial charge in [0.15, 0.2) is 0 Å². The summed E-state index contributed by atoms with van der Waals surface area (Å²) >= 11 is 0. The number of carboxylic acids is 1. The van der Waals surface area contributed by atoms with Crippen LogP contribution < -0.4 is 11.1 Å². The number of nitrogens with one attached hydrogen (secondary N) is 1. The second kappa shape index (κ2) is 40.8. The van der Waals surface area contributed by atoms with E-state index in [0.717, 1.165) is 89.9 Å². The third kappa shape index (κ3) is 37.7. The topological polar surface area (TPSA) is 119 Å². The summed E-state index contributed by atoms with van der Waals surface area (Å²) in [5.41, 5.74) is 5.49. The molecule has 0 aromatic rings. The number of unbranched alkanes of at least 4 members (excludes halogenated alkanes) is 20. The summed E-state index contributed by atoms with van der Waals surface area (Å²) < 4.78 is 6.05. The molecule has 0 saturated carbocycles. The van der Waals surface area contributed by atoms with Crippen LogP contribution in [0.4, 0.5) is 0 Å². The van der Waals surface area contributed by atoms with Crippen molar-refractivity contribution in [1.82, 2.24) is 5.32 Å². The first-order valence-electron chi connectivity index (χ1n) is 22.3. The highest BCUT2D eigenvalue weighted by molar-refractivity contribution is 5.83. The van der Waals surface area contributed by atoms with E-state index in [4.69, 9.17) is 10.5 Å². The normalized spacial score (nSPS) is 13.0. The summed E-state index contributed by atoms with van der Waals surface area (Å²) in [6.45, 7) is 4.84. The molecule has 1 amide bonds. The fraction of sp³-hybridized carbons (Fsp3) is 0.804. The van der Waals surface area contributed by atoms with E-state index in [2.05, 4.69) is 55.6 Å². The highest BCUT2D eigenvalue weighted by Gasteiger charge is 2.19. The molecule has 7 heteroatoms. The Bertz CT molecular complexity index is 931. The maximum absolute atomic E-state index is 12.8. The minimum absolute atomic E-state index is 0.00677. The number of carbonyl (C=O) groups is 3. The molecule has 2 unspecified atom stereocenters. The Hall–Kier alpha value is -2.41. The van der Waals surface area contributed by atoms with Gasteiger partial charge in [-0.05, 0) is 90.0 Å². The van der Waals surface area contributed by atoms with Crippen LogP contribution in [0.15, 0.2) is 36.5 Å². The monoisotopic (exact) mass is 745 g/mol. The number of esters is 1. The Kier molecular flexibility index (Phi) is 38.9. The van der Waals surface area contributed by atoms with E-state index in [0.29, 0.717) is 32.2 Å². The first-order valence-corrected chi connectivity index (χ1v) is 22.3. The molecule has 0 spiro atoms. The van der Waals surface area contributed by atoms with Crippen molar-refractivity contribution in [2.45, 2.75) is 231 Å². The van der Waals surface area contributed by atoms with Crippen molar-refractivity contribution in [1.29, 1.82) is 0 Å². The molecule has 0 heterocycles. The van der Waals surface area contributed by atoms with Crippen LogP contribution in [0, 0.1) is 0 Å². The Labute approximate surface area is 326 Å². The maximum Gasteiger partial charge on any atom is 0.326 e. The zero-order valence-corrected chi connectivity index (χ0v) is 34.6. The van der Waals surface area contributed by atoms with E-state index >= 15 is 0 Å². The lowest BCUT2D eigenvalue weighted by molar-refractivity contribution is -0.150. The minimum atomic E-state index is -1.00. The van der Waals surface area contributed by atoms with Gasteiger partial charge in [0, 0.05) is 12.8 Å². The highest BCUT2D eigenvalue weighted by Crippen LogP contribution is 2.19. The molecule has 0 radical (unpaired) electrons. The average molecular weight is 745 g/mol. The lowest BCUT2D eigenvalue weighted by atomic mass is 10.0. The zero-order valence-electron chi connectivity index (χ0n) is 34.6. The molecule has 53 heavy (non-hydrogen) atoms. The number of hydrogen-bond donors (Lipinski definition) is 3. The summed E-state index contributed by atoms with van der Waals surface area (Å²) in [5.74, 6) is -1.24. The number of hydrogen-bond acceptors (Lipinski definition) is 5. The van der Waals surface area contributed by atoms with Crippen LogP contribution in [-0.2, 0) is 19.1 Å². The summed E-state index contributed by atoms with van der Waals surface area (Å²) in [6, 6.07) is -0.857. The van der Waals surface area contributed by atoms with Crippen LogP contribution in [-0.4, -0.2) is 41.6 Å². The third-order valence-corrected chi connectivity index (χ3v) is 9.97. The molecule has 2 atom stereocenters. The van der Waals surface area contributed by atoms with E-state index < -0.39 is 12.0 Å². The first-order chi connectivity index (χ1) is 25.9. The fourth-order valence-electron chi connectivity index (χ4n) is 6.64. The summed E-state index contributed by atoms with van der Waals surface area (Å²) in [4.78, 5) is 36.4. The molecular formula is C46H84N2O5. The number of carbonyl (C=O) groups excluding carboxylic acids is 2. The molecular weight excluding hydrogens is 661 g/mol. The van der Waals surface area contributed by atoms with E-state index in [9.17, 15) is 19.5 Å². The third-order valence-electron chi connectivity index (χ3n) is 9.97. The fourth-order valence-corrected chi connectivity index (χ4v) is 6.64. The van der Waals surface area contributed by atoms with Gasteiger partial charge in [0.05, 0.1) is 0 Å². The molecule has 0 aliphatic carbocycles. The van der Waals surface area contributed by atoms with Gasteiger partial charge in [-0.2, -0.15) is 0 Å². The van der Waals surface area contributed by atoms with Gasteiger partial charge in [0.25, 0.3) is 0 Å². The number of amides is 1. The molecule has 0 aliphatic rings. The molecule has 7 nitrogen and oxygen atoms in total. The number of nitrogens with two attached hydrogens (primary N) is 1. The maximum atomic E-state index is 12.8. The summed E-state index contributed by atoms with van der Waals surface area (Å²) in [7, 11) is 0.